The van der Waals surface area contributed by atoms with E-state index in [0.29, 0.717) is 19.5 Å². The van der Waals surface area contributed by atoms with Crippen molar-refractivity contribution in [3.63, 3.8) is 0 Å². The van der Waals surface area contributed by atoms with Crippen molar-refractivity contribution >= 4 is 15.9 Å². The molecule has 16 heavy (non-hydrogen) atoms. The minimum absolute atomic E-state index is 0.0280. The normalized spacial score (nSPS) is 12.1. The Morgan fingerprint density at radius 1 is 1.38 bits per heavy atom. The Kier molecular flexibility index (Phi) is 6.59. The van der Waals surface area contributed by atoms with Crippen molar-refractivity contribution < 1.29 is 13.2 Å². The number of amides is 1. The van der Waals surface area contributed by atoms with E-state index in [0.717, 1.165) is 6.42 Å². The van der Waals surface area contributed by atoms with Crippen molar-refractivity contribution in [1.29, 1.82) is 0 Å². The van der Waals surface area contributed by atoms with Crippen molar-refractivity contribution in [2.75, 3.05) is 19.3 Å². The van der Waals surface area contributed by atoms with Gasteiger partial charge in [0.2, 0.25) is 15.9 Å². The first-order valence-electron chi connectivity index (χ1n) is 5.52. The van der Waals surface area contributed by atoms with Crippen LogP contribution >= 0.6 is 0 Å². The number of hydrogen-bond acceptors (Lipinski definition) is 3. The van der Waals surface area contributed by atoms with Crippen molar-refractivity contribution in [3.8, 4) is 0 Å². The van der Waals surface area contributed by atoms with Crippen LogP contribution in [0.4, 0.5) is 0 Å². The standard InChI is InChI=1S/C10H22N2O3S/c1-5-6-10(13)11-7-8-12(9(2)3)16(4,14)15/h9H,5-8H2,1-4H3,(H,11,13). The Hall–Kier alpha value is -0.620. The molecule has 6 heteroatoms. The number of nitrogens with one attached hydrogen (secondary N) is 1. The van der Waals surface area contributed by atoms with E-state index in [9.17, 15) is 13.2 Å². The number of nitrogens with zero attached hydrogens (tertiary/aromatic N) is 1. The Bertz CT molecular complexity index is 312. The minimum Gasteiger partial charge on any atom is -0.355 e. The van der Waals surface area contributed by atoms with Gasteiger partial charge in [-0.3, -0.25) is 4.79 Å². The van der Waals surface area contributed by atoms with Gasteiger partial charge in [-0.05, 0) is 20.3 Å². The topological polar surface area (TPSA) is 66.5 Å². The first-order chi connectivity index (χ1) is 7.29. The third kappa shape index (κ3) is 6.07. The molecule has 5 nitrogen and oxygen atoms in total. The monoisotopic (exact) mass is 250 g/mol. The highest BCUT2D eigenvalue weighted by atomic mass is 32.2. The van der Waals surface area contributed by atoms with Crippen LogP contribution in [0.15, 0.2) is 0 Å². The van der Waals surface area contributed by atoms with E-state index in [-0.39, 0.29) is 11.9 Å². The summed E-state index contributed by atoms with van der Waals surface area (Å²) in [4.78, 5) is 11.2. The molecule has 1 amide bonds. The second-order valence-corrected chi connectivity index (χ2v) is 6.00. The first-order valence-corrected chi connectivity index (χ1v) is 7.37. The largest absolute Gasteiger partial charge is 0.355 e. The molecule has 0 heterocycles. The fraction of sp³-hybridized carbons (Fsp3) is 0.900. The summed E-state index contributed by atoms with van der Waals surface area (Å²) in [6.45, 7) is 6.25. The highest BCUT2D eigenvalue weighted by Crippen LogP contribution is 2.03. The van der Waals surface area contributed by atoms with Gasteiger partial charge < -0.3 is 5.32 Å². The Morgan fingerprint density at radius 3 is 2.31 bits per heavy atom. The molecule has 0 spiro atoms. The third-order valence-corrected chi connectivity index (χ3v) is 3.59. The number of carbonyl (C=O) groups excluding carboxylic acids is 1. The molecule has 0 rings (SSSR count). The van der Waals surface area contributed by atoms with E-state index < -0.39 is 10.0 Å². The molecule has 0 unspecified atom stereocenters. The molecule has 96 valence electrons. The fourth-order valence-electron chi connectivity index (χ4n) is 1.43. The number of sulfonamides is 1. The third-order valence-electron chi connectivity index (χ3n) is 2.13. The van der Waals surface area contributed by atoms with Crippen molar-refractivity contribution in [1.82, 2.24) is 9.62 Å². The van der Waals surface area contributed by atoms with Gasteiger partial charge in [-0.1, -0.05) is 6.92 Å². The Morgan fingerprint density at radius 2 is 1.94 bits per heavy atom. The molecule has 1 N–H and O–H groups in total. The molecule has 0 aromatic heterocycles. The zero-order valence-electron chi connectivity index (χ0n) is 10.5. The van der Waals surface area contributed by atoms with Crippen LogP contribution < -0.4 is 5.32 Å². The van der Waals surface area contributed by atoms with E-state index in [1.54, 1.807) is 0 Å². The molecule has 0 radical (unpaired) electrons. The average Bonchev–Trinajstić information content (AvgIpc) is 2.10. The SMILES string of the molecule is CCCC(=O)NCCN(C(C)C)S(C)(=O)=O. The van der Waals surface area contributed by atoms with Crippen molar-refractivity contribution in [3.05, 3.63) is 0 Å². The first kappa shape index (κ1) is 15.4. The van der Waals surface area contributed by atoms with Gasteiger partial charge in [0, 0.05) is 25.6 Å². The maximum absolute atomic E-state index is 11.4. The summed E-state index contributed by atoms with van der Waals surface area (Å²) >= 11 is 0. The number of carbonyl (C=O) groups is 1. The maximum atomic E-state index is 11.4. The second kappa shape index (κ2) is 6.85. The van der Waals surface area contributed by atoms with Crippen LogP contribution in [0.1, 0.15) is 33.6 Å². The molecule has 0 bridgehead atoms. The Labute approximate surface area is 98.3 Å². The molecule has 0 fully saturated rings. The minimum atomic E-state index is -3.19. The predicted molar refractivity (Wildman–Crippen MR) is 64.6 cm³/mol. The maximum Gasteiger partial charge on any atom is 0.220 e. The summed E-state index contributed by atoms with van der Waals surface area (Å²) in [5.74, 6) is -0.0280. The zero-order chi connectivity index (χ0) is 12.8. The summed E-state index contributed by atoms with van der Waals surface area (Å²) in [6.07, 6.45) is 2.47. The van der Waals surface area contributed by atoms with Crippen LogP contribution in [-0.2, 0) is 14.8 Å². The summed E-state index contributed by atoms with van der Waals surface area (Å²) in [5.41, 5.74) is 0. The van der Waals surface area contributed by atoms with Gasteiger partial charge in [-0.15, -0.1) is 0 Å². The average molecular weight is 250 g/mol. The van der Waals surface area contributed by atoms with Crippen LogP contribution in [-0.4, -0.2) is 44.0 Å². The summed E-state index contributed by atoms with van der Waals surface area (Å²) < 4.78 is 24.1. The molecule has 0 atom stereocenters. The van der Waals surface area contributed by atoms with Crippen LogP contribution in [0.3, 0.4) is 0 Å². The lowest BCUT2D eigenvalue weighted by molar-refractivity contribution is -0.121. The lowest BCUT2D eigenvalue weighted by Gasteiger charge is -2.23. The summed E-state index contributed by atoms with van der Waals surface area (Å²) in [5, 5.41) is 2.70. The van der Waals surface area contributed by atoms with E-state index >= 15 is 0 Å². The molecule has 0 aliphatic carbocycles. The molecule has 0 aliphatic heterocycles. The van der Waals surface area contributed by atoms with E-state index in [2.05, 4.69) is 5.32 Å². The van der Waals surface area contributed by atoms with Crippen LogP contribution in [0.25, 0.3) is 0 Å². The van der Waals surface area contributed by atoms with E-state index in [1.807, 2.05) is 20.8 Å². The molecule has 0 aromatic carbocycles. The second-order valence-electron chi connectivity index (χ2n) is 4.07. The molecular formula is C10H22N2O3S. The van der Waals surface area contributed by atoms with Gasteiger partial charge in [0.1, 0.15) is 0 Å². The zero-order valence-corrected chi connectivity index (χ0v) is 11.3. The van der Waals surface area contributed by atoms with Gasteiger partial charge >= 0.3 is 0 Å². The summed E-state index contributed by atoms with van der Waals surface area (Å²) in [6, 6.07) is -0.0851. The Balaban J connectivity index is 4.11. The molecule has 0 saturated carbocycles. The lowest BCUT2D eigenvalue weighted by Crippen LogP contribution is -2.41. The van der Waals surface area contributed by atoms with Crippen molar-refractivity contribution in [2.24, 2.45) is 0 Å². The quantitative estimate of drug-likeness (QED) is 0.718. The summed E-state index contributed by atoms with van der Waals surface area (Å²) in [7, 11) is -3.19. The van der Waals surface area contributed by atoms with Crippen LogP contribution in [0.2, 0.25) is 0 Å². The number of hydrogen-bond donors (Lipinski definition) is 1. The van der Waals surface area contributed by atoms with Gasteiger partial charge in [-0.25, -0.2) is 8.42 Å². The highest BCUT2D eigenvalue weighted by Gasteiger charge is 2.19. The van der Waals surface area contributed by atoms with Gasteiger partial charge in [-0.2, -0.15) is 4.31 Å². The van der Waals surface area contributed by atoms with Crippen LogP contribution in [0.5, 0.6) is 0 Å². The smallest absolute Gasteiger partial charge is 0.220 e. The van der Waals surface area contributed by atoms with E-state index in [1.165, 1.54) is 10.6 Å². The molecule has 0 aliphatic rings. The van der Waals surface area contributed by atoms with E-state index in [4.69, 9.17) is 0 Å². The molecule has 0 saturated heterocycles. The van der Waals surface area contributed by atoms with Gasteiger partial charge in [0.25, 0.3) is 0 Å². The van der Waals surface area contributed by atoms with Gasteiger partial charge in [0.15, 0.2) is 0 Å². The lowest BCUT2D eigenvalue weighted by atomic mass is 10.3. The fourth-order valence-corrected chi connectivity index (χ4v) is 2.62. The molecular weight excluding hydrogens is 228 g/mol. The van der Waals surface area contributed by atoms with Crippen LogP contribution in [0, 0.1) is 0 Å². The predicted octanol–water partition coefficient (Wildman–Crippen LogP) is 0.573. The van der Waals surface area contributed by atoms with Crippen molar-refractivity contribution in [2.45, 2.75) is 39.7 Å². The van der Waals surface area contributed by atoms with Gasteiger partial charge in [0.05, 0.1) is 6.26 Å². The number of rotatable bonds is 7. The highest BCUT2D eigenvalue weighted by molar-refractivity contribution is 7.88. The molecule has 0 aromatic rings.